The van der Waals surface area contributed by atoms with Gasteiger partial charge < -0.3 is 0 Å². The summed E-state index contributed by atoms with van der Waals surface area (Å²) in [6, 6.07) is -0.518. The molecule has 0 aromatic carbocycles. The van der Waals surface area contributed by atoms with Gasteiger partial charge in [0.15, 0.2) is 0 Å². The van der Waals surface area contributed by atoms with Gasteiger partial charge in [0.25, 0.3) is 10.2 Å². The van der Waals surface area contributed by atoms with E-state index >= 15 is 0 Å². The molecule has 0 heterocycles. The molecule has 0 N–H and O–H groups in total. The Morgan fingerprint density at radius 3 is 2.28 bits per heavy atom. The van der Waals surface area contributed by atoms with Crippen LogP contribution in [0.2, 0.25) is 0 Å². The molecule has 1 saturated carbocycles. The van der Waals surface area contributed by atoms with Crippen LogP contribution in [0.25, 0.3) is 0 Å². The van der Waals surface area contributed by atoms with Crippen molar-refractivity contribution in [2.24, 2.45) is 0 Å². The Morgan fingerprint density at radius 2 is 1.89 bits per heavy atom. The second kappa shape index (κ2) is 5.94. The predicted octanol–water partition coefficient (Wildman–Crippen LogP) is 1.82. The summed E-state index contributed by atoms with van der Waals surface area (Å²) < 4.78 is 62.7. The third kappa shape index (κ3) is 4.56. The second-order valence-electron chi connectivity index (χ2n) is 4.26. The molecule has 0 aliphatic heterocycles. The molecule has 0 unspecified atom stereocenters. The van der Waals surface area contributed by atoms with Crippen molar-refractivity contribution in [2.45, 2.75) is 31.5 Å². The molecule has 9 heteroatoms. The van der Waals surface area contributed by atoms with Gasteiger partial charge in [-0.25, -0.2) is 0 Å². The molecule has 0 saturated heterocycles. The van der Waals surface area contributed by atoms with Crippen molar-refractivity contribution in [3.05, 3.63) is 0 Å². The molecule has 0 radical (unpaired) electrons. The summed E-state index contributed by atoms with van der Waals surface area (Å²) in [7, 11) is -2.78. The molecular weight excluding hydrogens is 293 g/mol. The van der Waals surface area contributed by atoms with Gasteiger partial charge in [-0.1, -0.05) is 0 Å². The number of nitrogens with zero attached hydrogens (tertiary/aromatic N) is 2. The highest BCUT2D eigenvalue weighted by Gasteiger charge is 2.45. The van der Waals surface area contributed by atoms with Gasteiger partial charge in [0.2, 0.25) is 0 Å². The molecule has 0 aromatic heterocycles. The minimum atomic E-state index is -4.52. The van der Waals surface area contributed by atoms with Gasteiger partial charge in [-0.15, -0.1) is 11.6 Å². The Kier molecular flexibility index (Phi) is 5.28. The Balaban J connectivity index is 2.77. The molecule has 0 atom stereocenters. The third-order valence-electron chi connectivity index (χ3n) is 2.59. The molecule has 1 aliphatic rings. The molecule has 4 nitrogen and oxygen atoms in total. The van der Waals surface area contributed by atoms with Crippen LogP contribution in [0.4, 0.5) is 13.2 Å². The quantitative estimate of drug-likeness (QED) is 0.673. The van der Waals surface area contributed by atoms with E-state index < -0.39 is 29.0 Å². The predicted molar refractivity (Wildman–Crippen MR) is 62.7 cm³/mol. The number of hydrogen-bond donors (Lipinski definition) is 0. The van der Waals surface area contributed by atoms with Crippen molar-refractivity contribution in [1.82, 2.24) is 8.61 Å². The zero-order chi connectivity index (χ0) is 14.0. The molecule has 108 valence electrons. The van der Waals surface area contributed by atoms with Gasteiger partial charge in [-0.05, 0) is 19.3 Å². The van der Waals surface area contributed by atoms with Crippen molar-refractivity contribution >= 4 is 21.8 Å². The maximum absolute atomic E-state index is 12.4. The maximum atomic E-state index is 12.4. The molecule has 1 aliphatic carbocycles. The average molecular weight is 309 g/mol. The van der Waals surface area contributed by atoms with Gasteiger partial charge in [0, 0.05) is 25.5 Å². The summed E-state index contributed by atoms with van der Waals surface area (Å²) >= 11 is 5.44. The Hall–Kier alpha value is -0.0500. The summed E-state index contributed by atoms with van der Waals surface area (Å²) in [4.78, 5) is 0. The Bertz CT molecular complexity index is 370. The summed E-state index contributed by atoms with van der Waals surface area (Å²) in [6.07, 6.45) is -3.15. The zero-order valence-electron chi connectivity index (χ0n) is 9.95. The molecule has 0 amide bonds. The van der Waals surface area contributed by atoms with Gasteiger partial charge in [0.05, 0.1) is 0 Å². The van der Waals surface area contributed by atoms with Crippen LogP contribution >= 0.6 is 11.6 Å². The lowest BCUT2D eigenvalue weighted by Gasteiger charge is -2.28. The highest BCUT2D eigenvalue weighted by Crippen LogP contribution is 2.33. The van der Waals surface area contributed by atoms with Crippen molar-refractivity contribution in [3.63, 3.8) is 0 Å². The Labute approximate surface area is 110 Å². The van der Waals surface area contributed by atoms with E-state index in [1.807, 2.05) is 0 Å². The van der Waals surface area contributed by atoms with Crippen LogP contribution in [0.5, 0.6) is 0 Å². The van der Waals surface area contributed by atoms with Gasteiger partial charge >= 0.3 is 6.18 Å². The molecule has 18 heavy (non-hydrogen) atoms. The third-order valence-corrected chi connectivity index (χ3v) is 4.84. The van der Waals surface area contributed by atoms with Crippen LogP contribution in [-0.4, -0.2) is 55.3 Å². The summed E-state index contributed by atoms with van der Waals surface area (Å²) in [6.45, 7) is -1.31. The van der Waals surface area contributed by atoms with Gasteiger partial charge in [0.1, 0.15) is 6.54 Å². The van der Waals surface area contributed by atoms with Crippen LogP contribution in [0.15, 0.2) is 0 Å². The summed E-state index contributed by atoms with van der Waals surface area (Å²) in [5, 5.41) is 0. The van der Waals surface area contributed by atoms with E-state index in [1.54, 1.807) is 0 Å². The fourth-order valence-corrected chi connectivity index (χ4v) is 3.25. The minimum Gasteiger partial charge on any atom is -0.195 e. The molecular formula is C9H16ClF3N2O2S. The molecule has 0 spiro atoms. The fourth-order valence-electron chi connectivity index (χ4n) is 1.52. The Morgan fingerprint density at radius 1 is 1.33 bits per heavy atom. The molecule has 1 rings (SSSR count). The van der Waals surface area contributed by atoms with Crippen LogP contribution in [-0.2, 0) is 10.2 Å². The first kappa shape index (κ1) is 16.0. The lowest BCUT2D eigenvalue weighted by Crippen LogP contribution is -2.47. The topological polar surface area (TPSA) is 40.6 Å². The number of rotatable bonds is 7. The van der Waals surface area contributed by atoms with E-state index in [2.05, 4.69) is 0 Å². The van der Waals surface area contributed by atoms with Crippen LogP contribution in [0.3, 0.4) is 0 Å². The first-order valence-corrected chi connectivity index (χ1v) is 7.47. The van der Waals surface area contributed by atoms with Crippen LogP contribution in [0.1, 0.15) is 19.3 Å². The van der Waals surface area contributed by atoms with Crippen molar-refractivity contribution in [2.75, 3.05) is 26.0 Å². The van der Waals surface area contributed by atoms with E-state index in [0.717, 1.165) is 4.31 Å². The van der Waals surface area contributed by atoms with E-state index in [0.29, 0.717) is 23.6 Å². The largest absolute Gasteiger partial charge is 0.402 e. The standard InChI is InChI=1S/C9H16ClF3N2O2S/c1-14(6-2-5-10)18(16,17)15(8-3-4-8)7-9(11,12)13/h8H,2-7H2,1H3. The van der Waals surface area contributed by atoms with E-state index in [4.69, 9.17) is 11.6 Å². The van der Waals surface area contributed by atoms with Gasteiger partial charge in [-0.2, -0.15) is 30.2 Å². The first-order valence-electron chi connectivity index (χ1n) is 5.54. The minimum absolute atomic E-state index is 0.118. The average Bonchev–Trinajstić information content (AvgIpc) is 3.04. The normalized spacial score (nSPS) is 17.7. The summed E-state index contributed by atoms with van der Waals surface area (Å²) in [5.74, 6) is 0.266. The van der Waals surface area contributed by atoms with Crippen molar-refractivity contribution in [3.8, 4) is 0 Å². The molecule has 0 aromatic rings. The van der Waals surface area contributed by atoms with Crippen LogP contribution in [0, 0.1) is 0 Å². The van der Waals surface area contributed by atoms with Gasteiger partial charge in [-0.3, -0.25) is 0 Å². The first-order chi connectivity index (χ1) is 8.18. The number of hydrogen-bond acceptors (Lipinski definition) is 2. The van der Waals surface area contributed by atoms with E-state index in [1.165, 1.54) is 7.05 Å². The van der Waals surface area contributed by atoms with E-state index in [9.17, 15) is 21.6 Å². The number of alkyl halides is 4. The highest BCUT2D eigenvalue weighted by atomic mass is 35.5. The smallest absolute Gasteiger partial charge is 0.195 e. The van der Waals surface area contributed by atoms with Crippen LogP contribution < -0.4 is 0 Å². The fraction of sp³-hybridized carbons (Fsp3) is 1.00. The zero-order valence-corrected chi connectivity index (χ0v) is 11.5. The maximum Gasteiger partial charge on any atom is 0.402 e. The van der Waals surface area contributed by atoms with Crippen molar-refractivity contribution < 1.29 is 21.6 Å². The SMILES string of the molecule is CN(CCCCl)S(=O)(=O)N(CC(F)(F)F)C1CC1. The summed E-state index contributed by atoms with van der Waals surface area (Å²) in [5.41, 5.74) is 0. The second-order valence-corrected chi connectivity index (χ2v) is 6.63. The monoisotopic (exact) mass is 308 g/mol. The highest BCUT2D eigenvalue weighted by molar-refractivity contribution is 7.86. The van der Waals surface area contributed by atoms with E-state index in [-0.39, 0.29) is 12.4 Å². The van der Waals surface area contributed by atoms with Crippen molar-refractivity contribution in [1.29, 1.82) is 0 Å². The number of halogens is 4. The molecule has 1 fully saturated rings. The molecule has 0 bridgehead atoms. The lowest BCUT2D eigenvalue weighted by molar-refractivity contribution is -0.137. The lowest BCUT2D eigenvalue weighted by atomic mass is 10.5.